The van der Waals surface area contributed by atoms with Gasteiger partial charge in [-0.15, -0.1) is 34.2 Å². The van der Waals surface area contributed by atoms with Gasteiger partial charge in [-0.25, -0.2) is 9.98 Å². The standard InChI is InChI=1S/C24H27N7O2.HI/c1-3-25-24(28-17-22-30-29-21-7-5-6-14-31(21)22)27-16-18-12-13-26-23(15-18)33-20-10-8-19(9-11-20)32-4-2;/h5-15H,3-4,16-17H2,1-2H3,(H2,25,27,28);1H. The Labute approximate surface area is 215 Å². The lowest BCUT2D eigenvalue weighted by molar-refractivity contribution is 0.339. The molecule has 0 amide bonds. The molecule has 0 aliphatic heterocycles. The van der Waals surface area contributed by atoms with Crippen molar-refractivity contribution < 1.29 is 9.47 Å². The van der Waals surface area contributed by atoms with Crippen molar-refractivity contribution in [2.75, 3.05) is 13.2 Å². The lowest BCUT2D eigenvalue weighted by Crippen LogP contribution is -2.37. The highest BCUT2D eigenvalue weighted by Gasteiger charge is 2.06. The first-order valence-electron chi connectivity index (χ1n) is 10.9. The van der Waals surface area contributed by atoms with E-state index in [1.54, 1.807) is 6.20 Å². The SMILES string of the molecule is CCNC(=NCc1ccnc(Oc2ccc(OCC)cc2)c1)NCc1nnc2ccccn12.I. The van der Waals surface area contributed by atoms with E-state index in [2.05, 4.69) is 30.8 Å². The highest BCUT2D eigenvalue weighted by atomic mass is 127. The van der Waals surface area contributed by atoms with Crippen LogP contribution in [0.15, 0.2) is 72.0 Å². The van der Waals surface area contributed by atoms with E-state index in [1.807, 2.05) is 79.0 Å². The summed E-state index contributed by atoms with van der Waals surface area (Å²) in [5, 5.41) is 15.0. The predicted molar refractivity (Wildman–Crippen MR) is 142 cm³/mol. The van der Waals surface area contributed by atoms with Crippen LogP contribution in [-0.4, -0.2) is 38.7 Å². The van der Waals surface area contributed by atoms with Crippen LogP contribution < -0.4 is 20.1 Å². The van der Waals surface area contributed by atoms with Gasteiger partial charge in [-0.1, -0.05) is 6.07 Å². The third-order valence-corrected chi connectivity index (χ3v) is 4.72. The minimum atomic E-state index is 0. The first-order valence-corrected chi connectivity index (χ1v) is 10.9. The first-order chi connectivity index (χ1) is 16.2. The average Bonchev–Trinajstić information content (AvgIpc) is 3.26. The maximum atomic E-state index is 5.88. The van der Waals surface area contributed by atoms with Crippen LogP contribution in [0.5, 0.6) is 17.4 Å². The van der Waals surface area contributed by atoms with Gasteiger partial charge in [0, 0.05) is 25.0 Å². The number of aromatic nitrogens is 4. The molecule has 0 unspecified atom stereocenters. The average molecular weight is 573 g/mol. The molecule has 0 bridgehead atoms. The van der Waals surface area contributed by atoms with Gasteiger partial charge in [0.1, 0.15) is 11.5 Å². The number of ether oxygens (including phenoxy) is 2. The van der Waals surface area contributed by atoms with Crippen molar-refractivity contribution in [3.63, 3.8) is 0 Å². The van der Waals surface area contributed by atoms with Gasteiger partial charge in [0.25, 0.3) is 0 Å². The molecule has 3 heterocycles. The minimum Gasteiger partial charge on any atom is -0.494 e. The molecule has 3 aromatic heterocycles. The highest BCUT2D eigenvalue weighted by Crippen LogP contribution is 2.23. The molecule has 0 aliphatic carbocycles. The van der Waals surface area contributed by atoms with Crippen LogP contribution >= 0.6 is 24.0 Å². The van der Waals surface area contributed by atoms with Crippen LogP contribution in [0, 0.1) is 0 Å². The number of nitrogens with zero attached hydrogens (tertiary/aromatic N) is 5. The van der Waals surface area contributed by atoms with Crippen molar-refractivity contribution in [1.82, 2.24) is 30.2 Å². The number of guanidine groups is 1. The van der Waals surface area contributed by atoms with E-state index in [1.165, 1.54) is 0 Å². The van der Waals surface area contributed by atoms with Gasteiger partial charge < -0.3 is 20.1 Å². The molecule has 2 N–H and O–H groups in total. The summed E-state index contributed by atoms with van der Waals surface area (Å²) in [7, 11) is 0. The Balaban J connectivity index is 0.00000324. The lowest BCUT2D eigenvalue weighted by atomic mass is 10.2. The number of halogens is 1. The van der Waals surface area contributed by atoms with E-state index in [0.29, 0.717) is 37.3 Å². The van der Waals surface area contributed by atoms with Gasteiger partial charge in [-0.3, -0.25) is 4.40 Å². The molecule has 0 aliphatic rings. The Kier molecular flexibility index (Phi) is 9.44. The first kappa shape index (κ1) is 25.2. The van der Waals surface area contributed by atoms with Crippen molar-refractivity contribution in [2.24, 2.45) is 4.99 Å². The topological polar surface area (TPSA) is 98.0 Å². The fourth-order valence-corrected chi connectivity index (χ4v) is 3.18. The van der Waals surface area contributed by atoms with E-state index < -0.39 is 0 Å². The fourth-order valence-electron chi connectivity index (χ4n) is 3.18. The molecule has 0 radical (unpaired) electrons. The van der Waals surface area contributed by atoms with Crippen molar-refractivity contribution in [2.45, 2.75) is 26.9 Å². The predicted octanol–water partition coefficient (Wildman–Crippen LogP) is 4.19. The summed E-state index contributed by atoms with van der Waals surface area (Å²) in [6, 6.07) is 17.1. The summed E-state index contributed by atoms with van der Waals surface area (Å²) in [6.07, 6.45) is 3.66. The van der Waals surface area contributed by atoms with Crippen LogP contribution in [-0.2, 0) is 13.1 Å². The van der Waals surface area contributed by atoms with E-state index in [-0.39, 0.29) is 24.0 Å². The summed E-state index contributed by atoms with van der Waals surface area (Å²) in [5.41, 5.74) is 1.80. The molecule has 0 saturated carbocycles. The Morgan fingerprint density at radius 1 is 1.00 bits per heavy atom. The summed E-state index contributed by atoms with van der Waals surface area (Å²) in [5.74, 6) is 3.52. The van der Waals surface area contributed by atoms with Crippen LogP contribution in [0.3, 0.4) is 0 Å². The third kappa shape index (κ3) is 6.80. The number of benzene rings is 1. The number of pyridine rings is 2. The molecule has 178 valence electrons. The summed E-state index contributed by atoms with van der Waals surface area (Å²) in [6.45, 7) is 6.32. The largest absolute Gasteiger partial charge is 0.494 e. The number of hydrogen-bond acceptors (Lipinski definition) is 6. The van der Waals surface area contributed by atoms with Crippen molar-refractivity contribution >= 4 is 35.6 Å². The third-order valence-electron chi connectivity index (χ3n) is 4.72. The van der Waals surface area contributed by atoms with E-state index in [9.17, 15) is 0 Å². The smallest absolute Gasteiger partial charge is 0.219 e. The molecule has 0 saturated heterocycles. The second kappa shape index (κ2) is 12.7. The van der Waals surface area contributed by atoms with Crippen LogP contribution in [0.1, 0.15) is 25.2 Å². The van der Waals surface area contributed by atoms with Crippen molar-refractivity contribution in [1.29, 1.82) is 0 Å². The van der Waals surface area contributed by atoms with Gasteiger partial charge in [0.05, 0.1) is 19.7 Å². The van der Waals surface area contributed by atoms with Gasteiger partial charge in [-0.2, -0.15) is 0 Å². The van der Waals surface area contributed by atoms with E-state index >= 15 is 0 Å². The number of fused-ring (bicyclic) bond motifs is 1. The molecule has 10 heteroatoms. The number of rotatable bonds is 9. The van der Waals surface area contributed by atoms with Gasteiger partial charge in [0.2, 0.25) is 5.88 Å². The molecule has 34 heavy (non-hydrogen) atoms. The Morgan fingerprint density at radius 2 is 1.82 bits per heavy atom. The second-order valence-electron chi connectivity index (χ2n) is 7.10. The molecular formula is C24H28IN7O2. The number of hydrogen-bond donors (Lipinski definition) is 2. The van der Waals surface area contributed by atoms with Crippen LogP contribution in [0.25, 0.3) is 5.65 Å². The molecular weight excluding hydrogens is 545 g/mol. The minimum absolute atomic E-state index is 0. The molecule has 9 nitrogen and oxygen atoms in total. The van der Waals surface area contributed by atoms with Crippen molar-refractivity contribution in [3.05, 3.63) is 78.4 Å². The maximum Gasteiger partial charge on any atom is 0.219 e. The zero-order chi connectivity index (χ0) is 22.9. The van der Waals surface area contributed by atoms with E-state index in [0.717, 1.165) is 29.3 Å². The molecule has 0 spiro atoms. The number of aliphatic imine (C=N–C) groups is 1. The Bertz CT molecular complexity index is 1210. The van der Waals surface area contributed by atoms with Crippen molar-refractivity contribution in [3.8, 4) is 17.4 Å². The fraction of sp³-hybridized carbons (Fsp3) is 0.250. The van der Waals surface area contributed by atoms with Gasteiger partial charge in [-0.05, 0) is 61.9 Å². The van der Waals surface area contributed by atoms with Crippen LogP contribution in [0.4, 0.5) is 0 Å². The Morgan fingerprint density at radius 3 is 2.62 bits per heavy atom. The monoisotopic (exact) mass is 573 g/mol. The summed E-state index contributed by atoms with van der Waals surface area (Å²) < 4.78 is 13.3. The molecule has 1 aromatic carbocycles. The zero-order valence-corrected chi connectivity index (χ0v) is 21.5. The molecule has 0 atom stereocenters. The van der Waals surface area contributed by atoms with Crippen LogP contribution in [0.2, 0.25) is 0 Å². The molecule has 0 fully saturated rings. The van der Waals surface area contributed by atoms with Gasteiger partial charge in [0.15, 0.2) is 17.4 Å². The number of nitrogens with one attached hydrogen (secondary N) is 2. The molecule has 4 aromatic rings. The Hall–Kier alpha value is -3.41. The normalized spacial score (nSPS) is 11.1. The second-order valence-corrected chi connectivity index (χ2v) is 7.10. The quantitative estimate of drug-likeness (QED) is 0.176. The highest BCUT2D eigenvalue weighted by molar-refractivity contribution is 14.0. The van der Waals surface area contributed by atoms with Gasteiger partial charge >= 0.3 is 0 Å². The van der Waals surface area contributed by atoms with E-state index in [4.69, 9.17) is 9.47 Å². The zero-order valence-electron chi connectivity index (χ0n) is 19.1. The summed E-state index contributed by atoms with van der Waals surface area (Å²) in [4.78, 5) is 8.99. The molecule has 4 rings (SSSR count). The summed E-state index contributed by atoms with van der Waals surface area (Å²) >= 11 is 0. The lowest BCUT2D eigenvalue weighted by Gasteiger charge is -2.11. The maximum absolute atomic E-state index is 5.88.